The van der Waals surface area contributed by atoms with Crippen molar-refractivity contribution in [3.05, 3.63) is 11.9 Å². The lowest BCUT2D eigenvalue weighted by Gasteiger charge is -2.16. The topological polar surface area (TPSA) is 59.1 Å². The average Bonchev–Trinajstić information content (AvgIpc) is 2.34. The van der Waals surface area contributed by atoms with E-state index in [0.29, 0.717) is 13.0 Å². The van der Waals surface area contributed by atoms with Crippen molar-refractivity contribution in [3.8, 4) is 0 Å². The molecule has 2 N–H and O–H groups in total. The molecule has 0 saturated carbocycles. The molecule has 0 spiro atoms. The van der Waals surface area contributed by atoms with E-state index < -0.39 is 12.0 Å². The Kier molecular flexibility index (Phi) is 5.34. The van der Waals surface area contributed by atoms with Crippen LogP contribution in [0.15, 0.2) is 6.07 Å². The first-order valence-corrected chi connectivity index (χ1v) is 5.76. The highest BCUT2D eigenvalue weighted by Gasteiger charge is 2.35. The summed E-state index contributed by atoms with van der Waals surface area (Å²) in [6.45, 7) is 2.36. The van der Waals surface area contributed by atoms with E-state index in [1.807, 2.05) is 6.92 Å². The van der Waals surface area contributed by atoms with E-state index in [1.54, 1.807) is 7.11 Å². The third-order valence-corrected chi connectivity index (χ3v) is 2.39. The van der Waals surface area contributed by atoms with Gasteiger partial charge in [0.15, 0.2) is 0 Å². The van der Waals surface area contributed by atoms with Crippen LogP contribution < -0.4 is 10.6 Å². The second kappa shape index (κ2) is 6.55. The van der Waals surface area contributed by atoms with Gasteiger partial charge in [-0.15, -0.1) is 0 Å². The summed E-state index contributed by atoms with van der Waals surface area (Å²) >= 11 is 0. The van der Waals surface area contributed by atoms with Crippen molar-refractivity contribution >= 4 is 11.6 Å². The highest BCUT2D eigenvalue weighted by molar-refractivity contribution is 5.47. The zero-order chi connectivity index (χ0) is 14.5. The lowest BCUT2D eigenvalue weighted by atomic mass is 10.2. The van der Waals surface area contributed by atoms with E-state index in [9.17, 15) is 13.2 Å². The molecule has 1 atom stereocenters. The lowest BCUT2D eigenvalue weighted by molar-refractivity contribution is -0.144. The van der Waals surface area contributed by atoms with Gasteiger partial charge < -0.3 is 15.4 Å². The van der Waals surface area contributed by atoms with Crippen LogP contribution in [-0.2, 0) is 10.9 Å². The number of halogens is 3. The van der Waals surface area contributed by atoms with Gasteiger partial charge in [-0.1, -0.05) is 0 Å². The standard InChI is InChI=1S/C11H17F3N4O/c1-7(4-5-19-3)16-9-6-8(15-2)17-10(18-9)11(12,13)14/h6-7H,4-5H2,1-3H3,(H2,15,16,17,18). The minimum absolute atomic E-state index is 0.0550. The minimum Gasteiger partial charge on any atom is -0.385 e. The Morgan fingerprint density at radius 1 is 1.32 bits per heavy atom. The van der Waals surface area contributed by atoms with Crippen LogP contribution in [0.4, 0.5) is 24.8 Å². The molecule has 0 aliphatic carbocycles. The van der Waals surface area contributed by atoms with Crippen molar-refractivity contribution in [2.45, 2.75) is 25.6 Å². The molecule has 0 bridgehead atoms. The van der Waals surface area contributed by atoms with Gasteiger partial charge in [0.2, 0.25) is 5.82 Å². The van der Waals surface area contributed by atoms with Crippen LogP contribution in [0.1, 0.15) is 19.2 Å². The Labute approximate surface area is 109 Å². The van der Waals surface area contributed by atoms with Gasteiger partial charge in [0.05, 0.1) is 0 Å². The van der Waals surface area contributed by atoms with E-state index in [4.69, 9.17) is 4.74 Å². The monoisotopic (exact) mass is 278 g/mol. The van der Waals surface area contributed by atoms with Gasteiger partial charge in [-0.2, -0.15) is 13.2 Å². The van der Waals surface area contributed by atoms with Crippen LogP contribution in [-0.4, -0.2) is 36.8 Å². The Hall–Kier alpha value is -1.57. The normalized spacial score (nSPS) is 13.2. The Balaban J connectivity index is 2.88. The van der Waals surface area contributed by atoms with Crippen molar-refractivity contribution in [1.29, 1.82) is 0 Å². The van der Waals surface area contributed by atoms with Crippen LogP contribution in [0, 0.1) is 0 Å². The third kappa shape index (κ3) is 4.90. The number of hydrogen-bond donors (Lipinski definition) is 2. The van der Waals surface area contributed by atoms with Crippen LogP contribution >= 0.6 is 0 Å². The van der Waals surface area contributed by atoms with Crippen molar-refractivity contribution < 1.29 is 17.9 Å². The number of ether oxygens (including phenoxy) is 1. The molecule has 0 radical (unpaired) electrons. The van der Waals surface area contributed by atoms with Gasteiger partial charge in [-0.25, -0.2) is 9.97 Å². The molecule has 0 aromatic carbocycles. The van der Waals surface area contributed by atoms with E-state index in [1.165, 1.54) is 13.1 Å². The Bertz CT molecular complexity index is 411. The first-order valence-electron chi connectivity index (χ1n) is 5.76. The van der Waals surface area contributed by atoms with Crippen LogP contribution in [0.3, 0.4) is 0 Å². The third-order valence-electron chi connectivity index (χ3n) is 2.39. The van der Waals surface area contributed by atoms with Gasteiger partial charge >= 0.3 is 6.18 Å². The van der Waals surface area contributed by atoms with Crippen molar-refractivity contribution in [2.24, 2.45) is 0 Å². The molecule has 1 rings (SSSR count). The maximum atomic E-state index is 12.6. The predicted molar refractivity (Wildman–Crippen MR) is 66.2 cm³/mol. The lowest BCUT2D eigenvalue weighted by Crippen LogP contribution is -2.20. The van der Waals surface area contributed by atoms with Crippen molar-refractivity contribution in [2.75, 3.05) is 31.4 Å². The smallest absolute Gasteiger partial charge is 0.385 e. The first-order chi connectivity index (χ1) is 8.86. The molecular weight excluding hydrogens is 261 g/mol. The summed E-state index contributed by atoms with van der Waals surface area (Å²) in [7, 11) is 3.07. The number of hydrogen-bond acceptors (Lipinski definition) is 5. The fourth-order valence-electron chi connectivity index (χ4n) is 1.40. The molecule has 108 valence electrons. The van der Waals surface area contributed by atoms with E-state index in [-0.39, 0.29) is 17.7 Å². The largest absolute Gasteiger partial charge is 0.451 e. The van der Waals surface area contributed by atoms with Crippen LogP contribution in [0.25, 0.3) is 0 Å². The van der Waals surface area contributed by atoms with Gasteiger partial charge in [-0.05, 0) is 13.3 Å². The van der Waals surface area contributed by atoms with E-state index in [2.05, 4.69) is 20.6 Å². The summed E-state index contributed by atoms with van der Waals surface area (Å²) in [4.78, 5) is 6.85. The number of rotatable bonds is 6. The van der Waals surface area contributed by atoms with Gasteiger partial charge in [0.25, 0.3) is 0 Å². The molecule has 5 nitrogen and oxygen atoms in total. The maximum absolute atomic E-state index is 12.6. The average molecular weight is 278 g/mol. The number of aromatic nitrogens is 2. The molecule has 1 unspecified atom stereocenters. The van der Waals surface area contributed by atoms with E-state index >= 15 is 0 Å². The Morgan fingerprint density at radius 3 is 2.47 bits per heavy atom. The van der Waals surface area contributed by atoms with Gasteiger partial charge in [0, 0.05) is 32.9 Å². The fourth-order valence-corrected chi connectivity index (χ4v) is 1.40. The van der Waals surface area contributed by atoms with Gasteiger partial charge in [-0.3, -0.25) is 0 Å². The number of nitrogens with zero attached hydrogens (tertiary/aromatic N) is 2. The second-order valence-electron chi connectivity index (χ2n) is 4.04. The summed E-state index contributed by atoms with van der Waals surface area (Å²) in [6.07, 6.45) is -3.91. The fraction of sp³-hybridized carbons (Fsp3) is 0.636. The van der Waals surface area contributed by atoms with Crippen molar-refractivity contribution in [1.82, 2.24) is 9.97 Å². The Morgan fingerprint density at radius 2 is 1.95 bits per heavy atom. The molecule has 0 aliphatic rings. The second-order valence-corrected chi connectivity index (χ2v) is 4.04. The van der Waals surface area contributed by atoms with Crippen LogP contribution in [0.2, 0.25) is 0 Å². The number of methoxy groups -OCH3 is 1. The molecular formula is C11H17F3N4O. The number of anilines is 2. The summed E-state index contributed by atoms with van der Waals surface area (Å²) in [5, 5.41) is 5.47. The number of alkyl halides is 3. The quantitative estimate of drug-likeness (QED) is 0.836. The van der Waals surface area contributed by atoms with Gasteiger partial charge in [0.1, 0.15) is 11.6 Å². The molecule has 1 aromatic heterocycles. The number of nitrogens with one attached hydrogen (secondary N) is 2. The minimum atomic E-state index is -4.57. The molecule has 1 heterocycles. The summed E-state index contributed by atoms with van der Waals surface area (Å²) in [5.74, 6) is -0.917. The summed E-state index contributed by atoms with van der Waals surface area (Å²) in [6, 6.07) is 1.37. The summed E-state index contributed by atoms with van der Waals surface area (Å²) in [5.41, 5.74) is 0. The van der Waals surface area contributed by atoms with Crippen molar-refractivity contribution in [3.63, 3.8) is 0 Å². The zero-order valence-electron chi connectivity index (χ0n) is 11.0. The van der Waals surface area contributed by atoms with Crippen LogP contribution in [0.5, 0.6) is 0 Å². The summed E-state index contributed by atoms with van der Waals surface area (Å²) < 4.78 is 42.8. The molecule has 0 fully saturated rings. The predicted octanol–water partition coefficient (Wildman–Crippen LogP) is 2.37. The highest BCUT2D eigenvalue weighted by atomic mass is 19.4. The molecule has 1 aromatic rings. The molecule has 8 heteroatoms. The maximum Gasteiger partial charge on any atom is 0.451 e. The zero-order valence-corrected chi connectivity index (χ0v) is 11.0. The first kappa shape index (κ1) is 15.5. The highest BCUT2D eigenvalue weighted by Crippen LogP contribution is 2.28. The molecule has 0 aliphatic heterocycles. The molecule has 19 heavy (non-hydrogen) atoms. The van der Waals surface area contributed by atoms with E-state index in [0.717, 1.165) is 0 Å². The SMILES string of the molecule is CNc1cc(NC(C)CCOC)nc(C(F)(F)F)n1. The molecule has 0 amide bonds. The molecule has 0 saturated heterocycles.